The van der Waals surface area contributed by atoms with Gasteiger partial charge in [-0.15, -0.1) is 0 Å². The standard InChI is InChI=1S/C18H27N5O3/c1-5-19-18(20-11-14-7-9-15(24-4)10-8-14)21-12-16-22-17(23-26-16)13(3)25-6-2/h7-10,13H,5-6,11-12H2,1-4H3,(H2,19,20,21). The SMILES string of the molecule is CCNC(=NCc1ccc(OC)cc1)NCc1nc(C(C)OCC)no1. The minimum atomic E-state index is -0.186. The van der Waals surface area contributed by atoms with Crippen molar-refractivity contribution in [2.45, 2.75) is 40.0 Å². The van der Waals surface area contributed by atoms with Crippen LogP contribution >= 0.6 is 0 Å². The molecule has 0 saturated carbocycles. The Hall–Kier alpha value is -2.61. The molecule has 0 aliphatic heterocycles. The van der Waals surface area contributed by atoms with Crippen molar-refractivity contribution in [1.29, 1.82) is 0 Å². The van der Waals surface area contributed by atoms with Crippen LogP contribution in [0.5, 0.6) is 5.75 Å². The topological polar surface area (TPSA) is 93.8 Å². The lowest BCUT2D eigenvalue weighted by Crippen LogP contribution is -2.36. The first kappa shape index (κ1) is 19.7. The van der Waals surface area contributed by atoms with E-state index in [9.17, 15) is 0 Å². The largest absolute Gasteiger partial charge is 0.497 e. The zero-order chi connectivity index (χ0) is 18.8. The molecule has 0 bridgehead atoms. The number of rotatable bonds is 9. The van der Waals surface area contributed by atoms with Gasteiger partial charge in [0.05, 0.1) is 20.2 Å². The summed E-state index contributed by atoms with van der Waals surface area (Å²) in [5, 5.41) is 10.3. The molecule has 0 saturated heterocycles. The van der Waals surface area contributed by atoms with Crippen LogP contribution in [0.15, 0.2) is 33.8 Å². The van der Waals surface area contributed by atoms with Crippen LogP contribution in [0.25, 0.3) is 0 Å². The van der Waals surface area contributed by atoms with E-state index in [4.69, 9.17) is 14.0 Å². The number of nitrogens with one attached hydrogen (secondary N) is 2. The number of ether oxygens (including phenoxy) is 2. The van der Waals surface area contributed by atoms with Crippen molar-refractivity contribution in [2.24, 2.45) is 4.99 Å². The number of guanidine groups is 1. The number of aromatic nitrogens is 2. The number of benzene rings is 1. The molecule has 0 spiro atoms. The summed E-state index contributed by atoms with van der Waals surface area (Å²) in [5.41, 5.74) is 1.09. The number of hydrogen-bond donors (Lipinski definition) is 2. The molecule has 1 unspecified atom stereocenters. The second kappa shape index (κ2) is 10.4. The van der Waals surface area contributed by atoms with Crippen LogP contribution in [0.1, 0.15) is 44.2 Å². The van der Waals surface area contributed by atoms with E-state index in [1.807, 2.05) is 45.0 Å². The normalized spacial score (nSPS) is 12.7. The quantitative estimate of drug-likeness (QED) is 0.523. The van der Waals surface area contributed by atoms with Crippen molar-refractivity contribution in [3.05, 3.63) is 41.5 Å². The summed E-state index contributed by atoms with van der Waals surface area (Å²) in [6, 6.07) is 7.83. The molecule has 1 heterocycles. The molecule has 0 radical (unpaired) electrons. The number of nitrogens with zero attached hydrogens (tertiary/aromatic N) is 3. The summed E-state index contributed by atoms with van der Waals surface area (Å²) in [4.78, 5) is 8.90. The van der Waals surface area contributed by atoms with Gasteiger partial charge >= 0.3 is 0 Å². The first-order valence-corrected chi connectivity index (χ1v) is 8.75. The molecule has 0 aliphatic carbocycles. The fourth-order valence-electron chi connectivity index (χ4n) is 2.23. The Morgan fingerprint density at radius 1 is 1.23 bits per heavy atom. The summed E-state index contributed by atoms with van der Waals surface area (Å²) in [5.74, 6) is 2.54. The Balaban J connectivity index is 1.92. The highest BCUT2D eigenvalue weighted by molar-refractivity contribution is 5.79. The van der Waals surface area contributed by atoms with Gasteiger partial charge in [0.25, 0.3) is 0 Å². The van der Waals surface area contributed by atoms with Crippen LogP contribution in [-0.2, 0) is 17.8 Å². The number of hydrogen-bond acceptors (Lipinski definition) is 6. The van der Waals surface area contributed by atoms with Crippen molar-refractivity contribution in [2.75, 3.05) is 20.3 Å². The molecule has 8 heteroatoms. The molecule has 1 aromatic carbocycles. The molecule has 1 aromatic heterocycles. The van der Waals surface area contributed by atoms with Crippen molar-refractivity contribution in [3.63, 3.8) is 0 Å². The van der Waals surface area contributed by atoms with Gasteiger partial charge in [-0.25, -0.2) is 4.99 Å². The monoisotopic (exact) mass is 361 g/mol. The second-order valence-electron chi connectivity index (χ2n) is 5.54. The van der Waals surface area contributed by atoms with Gasteiger partial charge in [0, 0.05) is 13.2 Å². The minimum Gasteiger partial charge on any atom is -0.497 e. The molecule has 1 atom stereocenters. The van der Waals surface area contributed by atoms with Gasteiger partial charge in [0.15, 0.2) is 11.8 Å². The van der Waals surface area contributed by atoms with Gasteiger partial charge < -0.3 is 24.6 Å². The van der Waals surface area contributed by atoms with Crippen LogP contribution in [0, 0.1) is 0 Å². The van der Waals surface area contributed by atoms with E-state index < -0.39 is 0 Å². The maximum Gasteiger partial charge on any atom is 0.246 e. The highest BCUT2D eigenvalue weighted by atomic mass is 16.5. The van der Waals surface area contributed by atoms with E-state index in [1.54, 1.807) is 7.11 Å². The molecule has 8 nitrogen and oxygen atoms in total. The van der Waals surface area contributed by atoms with Gasteiger partial charge in [0.2, 0.25) is 5.89 Å². The molecule has 0 amide bonds. The smallest absolute Gasteiger partial charge is 0.246 e. The highest BCUT2D eigenvalue weighted by Gasteiger charge is 2.13. The molecule has 0 aliphatic rings. The Morgan fingerprint density at radius 2 is 2.00 bits per heavy atom. The molecule has 2 rings (SSSR count). The summed E-state index contributed by atoms with van der Waals surface area (Å²) in [7, 11) is 1.65. The first-order valence-electron chi connectivity index (χ1n) is 8.75. The lowest BCUT2D eigenvalue weighted by Gasteiger charge is -2.09. The van der Waals surface area contributed by atoms with Gasteiger partial charge in [-0.05, 0) is 38.5 Å². The fraction of sp³-hybridized carbons (Fsp3) is 0.500. The van der Waals surface area contributed by atoms with E-state index in [0.717, 1.165) is 17.9 Å². The minimum absolute atomic E-state index is 0.186. The summed E-state index contributed by atoms with van der Waals surface area (Å²) in [6.45, 7) is 8.14. The van der Waals surface area contributed by atoms with E-state index >= 15 is 0 Å². The average Bonchev–Trinajstić information content (AvgIpc) is 3.14. The van der Waals surface area contributed by atoms with E-state index in [-0.39, 0.29) is 6.10 Å². The third kappa shape index (κ3) is 6.03. The second-order valence-corrected chi connectivity index (χ2v) is 5.54. The molecule has 0 fully saturated rings. The van der Waals surface area contributed by atoms with Crippen LogP contribution in [0.2, 0.25) is 0 Å². The van der Waals surface area contributed by atoms with Crippen LogP contribution in [0.4, 0.5) is 0 Å². The van der Waals surface area contributed by atoms with Crippen LogP contribution in [-0.4, -0.2) is 36.4 Å². The van der Waals surface area contributed by atoms with Gasteiger partial charge in [-0.3, -0.25) is 0 Å². The predicted molar refractivity (Wildman–Crippen MR) is 99.0 cm³/mol. The Labute approximate surface area is 154 Å². The van der Waals surface area contributed by atoms with E-state index in [2.05, 4.69) is 25.8 Å². The fourth-order valence-corrected chi connectivity index (χ4v) is 2.23. The third-order valence-corrected chi connectivity index (χ3v) is 3.59. The van der Waals surface area contributed by atoms with Crippen LogP contribution < -0.4 is 15.4 Å². The molecule has 26 heavy (non-hydrogen) atoms. The Bertz CT molecular complexity index is 684. The Kier molecular flexibility index (Phi) is 7.88. The molecule has 2 N–H and O–H groups in total. The maximum absolute atomic E-state index is 5.46. The zero-order valence-electron chi connectivity index (χ0n) is 15.8. The maximum atomic E-state index is 5.46. The third-order valence-electron chi connectivity index (χ3n) is 3.59. The van der Waals surface area contributed by atoms with Crippen molar-refractivity contribution in [1.82, 2.24) is 20.8 Å². The summed E-state index contributed by atoms with van der Waals surface area (Å²) in [6.07, 6.45) is -0.186. The summed E-state index contributed by atoms with van der Waals surface area (Å²) < 4.78 is 15.9. The van der Waals surface area contributed by atoms with Crippen LogP contribution in [0.3, 0.4) is 0 Å². The number of methoxy groups -OCH3 is 1. The predicted octanol–water partition coefficient (Wildman–Crippen LogP) is 2.43. The van der Waals surface area contributed by atoms with Gasteiger partial charge in [-0.2, -0.15) is 4.98 Å². The van der Waals surface area contributed by atoms with E-state index in [0.29, 0.717) is 37.4 Å². The Morgan fingerprint density at radius 3 is 2.65 bits per heavy atom. The average molecular weight is 361 g/mol. The molecular weight excluding hydrogens is 334 g/mol. The zero-order valence-corrected chi connectivity index (χ0v) is 15.8. The van der Waals surface area contributed by atoms with Gasteiger partial charge in [0.1, 0.15) is 11.9 Å². The highest BCUT2D eigenvalue weighted by Crippen LogP contribution is 2.13. The lowest BCUT2D eigenvalue weighted by atomic mass is 10.2. The van der Waals surface area contributed by atoms with Crippen molar-refractivity contribution >= 4 is 5.96 Å². The first-order chi connectivity index (χ1) is 12.7. The van der Waals surface area contributed by atoms with Crippen molar-refractivity contribution < 1.29 is 14.0 Å². The molecule has 142 valence electrons. The molecular formula is C18H27N5O3. The molecule has 2 aromatic rings. The lowest BCUT2D eigenvalue weighted by molar-refractivity contribution is 0.0683. The van der Waals surface area contributed by atoms with Gasteiger partial charge in [-0.1, -0.05) is 17.3 Å². The number of aliphatic imine (C=N–C) groups is 1. The van der Waals surface area contributed by atoms with E-state index in [1.165, 1.54) is 0 Å². The van der Waals surface area contributed by atoms with Crippen molar-refractivity contribution in [3.8, 4) is 5.75 Å². The summed E-state index contributed by atoms with van der Waals surface area (Å²) >= 11 is 0.